The van der Waals surface area contributed by atoms with Crippen molar-refractivity contribution in [3.8, 4) is 5.75 Å². The lowest BCUT2D eigenvalue weighted by atomic mass is 9.55. The number of esters is 1. The third-order valence-corrected chi connectivity index (χ3v) is 7.79. The Kier molecular flexibility index (Phi) is 4.96. The van der Waals surface area contributed by atoms with Crippen LogP contribution < -0.4 is 4.74 Å². The van der Waals surface area contributed by atoms with E-state index in [0.29, 0.717) is 22.6 Å². The van der Waals surface area contributed by atoms with Crippen LogP contribution in [0.15, 0.2) is 10.5 Å². The fourth-order valence-electron chi connectivity index (χ4n) is 5.33. The number of halogens is 1. The van der Waals surface area contributed by atoms with Crippen LogP contribution in [-0.4, -0.2) is 36.7 Å². The lowest BCUT2D eigenvalue weighted by Gasteiger charge is -2.49. The SMILES string of the molecule is COC(=O)[C@]1(O)C(=O)c2c(cc(C)c(Br)c2OC)[C@@H]2[C@@H](C(C)C)CC[C@]21C. The third-order valence-electron chi connectivity index (χ3n) is 6.80. The van der Waals surface area contributed by atoms with Crippen LogP contribution in [0.5, 0.6) is 5.75 Å². The van der Waals surface area contributed by atoms with Gasteiger partial charge in [0, 0.05) is 5.41 Å². The minimum absolute atomic E-state index is 0.144. The molecule has 27 heavy (non-hydrogen) atoms. The molecule has 0 aromatic heterocycles. The summed E-state index contributed by atoms with van der Waals surface area (Å²) in [6.45, 7) is 8.09. The maximum atomic E-state index is 13.6. The molecular formula is C21H27BrO5. The third kappa shape index (κ3) is 2.45. The van der Waals surface area contributed by atoms with Crippen molar-refractivity contribution in [2.45, 2.75) is 52.1 Å². The second kappa shape index (κ2) is 6.59. The summed E-state index contributed by atoms with van der Waals surface area (Å²) in [7, 11) is 2.70. The molecule has 4 atom stereocenters. The lowest BCUT2D eigenvalue weighted by Crippen LogP contribution is -2.63. The van der Waals surface area contributed by atoms with E-state index >= 15 is 0 Å². The Balaban J connectivity index is 2.42. The molecule has 0 radical (unpaired) electrons. The second-order valence-corrected chi connectivity index (χ2v) is 9.17. The van der Waals surface area contributed by atoms with Crippen molar-refractivity contribution in [3.05, 3.63) is 27.2 Å². The lowest BCUT2D eigenvalue weighted by molar-refractivity contribution is -0.171. The highest BCUT2D eigenvalue weighted by atomic mass is 79.9. The molecule has 0 spiro atoms. The standard InChI is InChI=1S/C21H27BrO5/c1-10(2)12-7-8-20(4)15(12)13-9-11(3)16(22)17(26-5)14(13)18(23)21(20,25)19(24)27-6/h9-10,12,15,25H,7-8H2,1-6H3/t12-,15+,20-,21-/m1/s1. The molecule has 1 aromatic rings. The first kappa shape index (κ1) is 20.3. The number of benzene rings is 1. The Hall–Kier alpha value is -1.40. The fraction of sp³-hybridized carbons (Fsp3) is 0.619. The van der Waals surface area contributed by atoms with Gasteiger partial charge in [-0.05, 0) is 64.6 Å². The molecule has 5 nitrogen and oxygen atoms in total. The molecule has 2 aliphatic rings. The molecule has 148 valence electrons. The van der Waals surface area contributed by atoms with Gasteiger partial charge in [0.05, 0.1) is 24.3 Å². The zero-order valence-electron chi connectivity index (χ0n) is 16.7. The maximum absolute atomic E-state index is 13.6. The predicted octanol–water partition coefficient (Wildman–Crippen LogP) is 4.02. The van der Waals surface area contributed by atoms with Gasteiger partial charge < -0.3 is 14.6 Å². The molecule has 1 aromatic carbocycles. The van der Waals surface area contributed by atoms with Gasteiger partial charge in [0.15, 0.2) is 0 Å². The molecule has 2 aliphatic carbocycles. The molecule has 1 saturated carbocycles. The van der Waals surface area contributed by atoms with Gasteiger partial charge in [0.1, 0.15) is 5.75 Å². The first-order chi connectivity index (χ1) is 12.6. The average molecular weight is 439 g/mol. The van der Waals surface area contributed by atoms with Gasteiger partial charge in [0.25, 0.3) is 0 Å². The van der Waals surface area contributed by atoms with Crippen molar-refractivity contribution in [1.82, 2.24) is 0 Å². The Labute approximate surface area is 168 Å². The Morgan fingerprint density at radius 3 is 2.52 bits per heavy atom. The highest BCUT2D eigenvalue weighted by molar-refractivity contribution is 9.10. The number of hydrogen-bond donors (Lipinski definition) is 1. The van der Waals surface area contributed by atoms with Crippen molar-refractivity contribution in [2.75, 3.05) is 14.2 Å². The number of rotatable bonds is 3. The van der Waals surface area contributed by atoms with Crippen molar-refractivity contribution < 1.29 is 24.2 Å². The first-order valence-electron chi connectivity index (χ1n) is 9.28. The van der Waals surface area contributed by atoms with Crippen molar-refractivity contribution in [3.63, 3.8) is 0 Å². The highest BCUT2D eigenvalue weighted by Gasteiger charge is 2.69. The molecule has 0 bridgehead atoms. The van der Waals surface area contributed by atoms with E-state index in [1.54, 1.807) is 0 Å². The summed E-state index contributed by atoms with van der Waals surface area (Å²) in [5.74, 6) is -0.722. The Morgan fingerprint density at radius 2 is 2.00 bits per heavy atom. The summed E-state index contributed by atoms with van der Waals surface area (Å²) in [5, 5.41) is 11.6. The molecule has 0 amide bonds. The topological polar surface area (TPSA) is 72.8 Å². The van der Waals surface area contributed by atoms with E-state index < -0.39 is 22.8 Å². The van der Waals surface area contributed by atoms with Crippen LogP contribution in [-0.2, 0) is 9.53 Å². The van der Waals surface area contributed by atoms with E-state index in [1.807, 2.05) is 19.9 Å². The maximum Gasteiger partial charge on any atom is 0.346 e. The number of methoxy groups -OCH3 is 2. The molecule has 3 rings (SSSR count). The Morgan fingerprint density at radius 1 is 1.37 bits per heavy atom. The van der Waals surface area contributed by atoms with Crippen molar-refractivity contribution in [1.29, 1.82) is 0 Å². The number of ether oxygens (including phenoxy) is 2. The smallest absolute Gasteiger partial charge is 0.346 e. The molecule has 0 aliphatic heterocycles. The number of Topliss-reactive ketones (excluding diaryl/α,β-unsaturated/α-hetero) is 1. The summed E-state index contributed by atoms with van der Waals surface area (Å²) in [4.78, 5) is 26.3. The van der Waals surface area contributed by atoms with Crippen LogP contribution in [0.2, 0.25) is 0 Å². The summed E-state index contributed by atoms with van der Waals surface area (Å²) >= 11 is 3.49. The van der Waals surface area contributed by atoms with Crippen molar-refractivity contribution >= 4 is 27.7 Å². The van der Waals surface area contributed by atoms with Gasteiger partial charge in [0.2, 0.25) is 11.4 Å². The number of carbonyl (C=O) groups is 2. The highest BCUT2D eigenvalue weighted by Crippen LogP contribution is 2.65. The van der Waals surface area contributed by atoms with E-state index in [2.05, 4.69) is 29.8 Å². The molecule has 1 N–H and O–H groups in total. The van der Waals surface area contributed by atoms with Gasteiger partial charge in [-0.25, -0.2) is 4.79 Å². The van der Waals surface area contributed by atoms with Gasteiger partial charge in [-0.15, -0.1) is 0 Å². The normalized spacial score (nSPS) is 32.3. The second-order valence-electron chi connectivity index (χ2n) is 8.38. The minimum Gasteiger partial charge on any atom is -0.495 e. The van der Waals surface area contributed by atoms with Gasteiger partial charge in [-0.1, -0.05) is 26.8 Å². The summed E-state index contributed by atoms with van der Waals surface area (Å²) in [6.07, 6.45) is 1.41. The average Bonchev–Trinajstić information content (AvgIpc) is 3.00. The number of carbonyl (C=O) groups excluding carboxylic acids is 2. The van der Waals surface area contributed by atoms with Gasteiger partial charge >= 0.3 is 5.97 Å². The zero-order chi connectivity index (χ0) is 20.3. The van der Waals surface area contributed by atoms with Crippen LogP contribution in [0, 0.1) is 24.2 Å². The molecule has 6 heteroatoms. The summed E-state index contributed by atoms with van der Waals surface area (Å²) < 4.78 is 11.1. The van der Waals surface area contributed by atoms with Crippen molar-refractivity contribution in [2.24, 2.45) is 17.3 Å². The van der Waals surface area contributed by atoms with E-state index in [-0.39, 0.29) is 17.4 Å². The minimum atomic E-state index is -2.23. The van der Waals surface area contributed by atoms with Crippen LogP contribution >= 0.6 is 15.9 Å². The van der Waals surface area contributed by atoms with Crippen LogP contribution in [0.4, 0.5) is 0 Å². The largest absolute Gasteiger partial charge is 0.495 e. The number of hydrogen-bond acceptors (Lipinski definition) is 5. The molecular weight excluding hydrogens is 412 g/mol. The summed E-state index contributed by atoms with van der Waals surface area (Å²) in [6, 6.07) is 2.00. The number of fused-ring (bicyclic) bond motifs is 3. The molecule has 1 fully saturated rings. The quantitative estimate of drug-likeness (QED) is 0.569. The summed E-state index contributed by atoms with van der Waals surface area (Å²) in [5.41, 5.74) is -1.04. The van der Waals surface area contributed by atoms with E-state index in [4.69, 9.17) is 9.47 Å². The molecule has 0 unspecified atom stereocenters. The monoisotopic (exact) mass is 438 g/mol. The zero-order valence-corrected chi connectivity index (χ0v) is 18.3. The van der Waals surface area contributed by atoms with Crippen LogP contribution in [0.3, 0.4) is 0 Å². The Bertz CT molecular complexity index is 817. The van der Waals surface area contributed by atoms with E-state index in [9.17, 15) is 14.7 Å². The molecule has 0 heterocycles. The van der Waals surface area contributed by atoms with Crippen LogP contribution in [0.1, 0.15) is 61.0 Å². The van der Waals surface area contributed by atoms with Gasteiger partial charge in [-0.2, -0.15) is 0 Å². The number of aryl methyl sites for hydroxylation is 1. The first-order valence-corrected chi connectivity index (χ1v) is 10.1. The van der Waals surface area contributed by atoms with E-state index in [1.165, 1.54) is 14.2 Å². The van der Waals surface area contributed by atoms with E-state index in [0.717, 1.165) is 17.5 Å². The van der Waals surface area contributed by atoms with Gasteiger partial charge in [-0.3, -0.25) is 4.79 Å². The van der Waals surface area contributed by atoms with Crippen LogP contribution in [0.25, 0.3) is 0 Å². The number of ketones is 1. The number of aliphatic hydroxyl groups is 1. The predicted molar refractivity (Wildman–Crippen MR) is 105 cm³/mol. The molecule has 0 saturated heterocycles. The fourth-order valence-corrected chi connectivity index (χ4v) is 5.81.